The number of nitrogens with one attached hydrogen (secondary N) is 2. The lowest BCUT2D eigenvalue weighted by Crippen LogP contribution is -2.34. The van der Waals surface area contributed by atoms with E-state index in [0.29, 0.717) is 18.4 Å². The third-order valence-electron chi connectivity index (χ3n) is 3.71. The van der Waals surface area contributed by atoms with E-state index < -0.39 is 15.1 Å². The Morgan fingerprint density at radius 1 is 1.40 bits per heavy atom. The summed E-state index contributed by atoms with van der Waals surface area (Å²) in [6.45, 7) is 2.12. The van der Waals surface area contributed by atoms with E-state index in [1.807, 2.05) is 20.0 Å². The zero-order chi connectivity index (χ0) is 14.8. The highest BCUT2D eigenvalue weighted by molar-refractivity contribution is 7.92. The maximum atomic E-state index is 12.0. The third kappa shape index (κ3) is 3.12. The van der Waals surface area contributed by atoms with Gasteiger partial charge in [0.25, 0.3) is 5.91 Å². The van der Waals surface area contributed by atoms with Gasteiger partial charge in [0, 0.05) is 24.8 Å². The molecule has 5 nitrogen and oxygen atoms in total. The van der Waals surface area contributed by atoms with Crippen LogP contribution < -0.4 is 10.6 Å². The van der Waals surface area contributed by atoms with Gasteiger partial charge in [-0.05, 0) is 43.5 Å². The summed E-state index contributed by atoms with van der Waals surface area (Å²) in [5.41, 5.74) is 2.51. The molecule has 0 saturated carbocycles. The highest BCUT2D eigenvalue weighted by Crippen LogP contribution is 2.19. The highest BCUT2D eigenvalue weighted by Gasteiger charge is 2.31. The number of rotatable bonds is 4. The fraction of sp³-hybridized carbons (Fsp3) is 0.500. The largest absolute Gasteiger partial charge is 0.388 e. The van der Waals surface area contributed by atoms with Gasteiger partial charge in [-0.3, -0.25) is 4.79 Å². The summed E-state index contributed by atoms with van der Waals surface area (Å²) >= 11 is 0. The Kier molecular flexibility index (Phi) is 4.32. The first kappa shape index (κ1) is 14.8. The van der Waals surface area contributed by atoms with Crippen molar-refractivity contribution < 1.29 is 13.2 Å². The summed E-state index contributed by atoms with van der Waals surface area (Å²) in [6, 6.07) is 5.37. The maximum Gasteiger partial charge on any atom is 0.251 e. The van der Waals surface area contributed by atoms with Crippen LogP contribution in [0.15, 0.2) is 18.2 Å². The number of carbonyl (C=O) groups is 1. The third-order valence-corrected chi connectivity index (χ3v) is 5.99. The molecule has 6 heteroatoms. The molecule has 1 heterocycles. The fourth-order valence-electron chi connectivity index (χ4n) is 2.48. The molecule has 1 atom stereocenters. The van der Waals surface area contributed by atoms with Crippen molar-refractivity contribution in [3.05, 3.63) is 29.3 Å². The van der Waals surface area contributed by atoms with Crippen molar-refractivity contribution in [2.75, 3.05) is 24.7 Å². The summed E-state index contributed by atoms with van der Waals surface area (Å²) in [6.07, 6.45) is 1.33. The molecule has 1 aliphatic heterocycles. The molecule has 110 valence electrons. The quantitative estimate of drug-likeness (QED) is 0.879. The van der Waals surface area contributed by atoms with Crippen molar-refractivity contribution in [3.8, 4) is 0 Å². The van der Waals surface area contributed by atoms with Gasteiger partial charge >= 0.3 is 0 Å². The van der Waals surface area contributed by atoms with E-state index in [1.54, 1.807) is 12.1 Å². The van der Waals surface area contributed by atoms with Gasteiger partial charge in [-0.2, -0.15) is 0 Å². The summed E-state index contributed by atoms with van der Waals surface area (Å²) in [5, 5.41) is 5.33. The van der Waals surface area contributed by atoms with Crippen LogP contribution in [0.4, 0.5) is 5.69 Å². The number of sulfone groups is 1. The second-order valence-electron chi connectivity index (χ2n) is 5.12. The average molecular weight is 296 g/mol. The monoisotopic (exact) mass is 296 g/mol. The van der Waals surface area contributed by atoms with Crippen LogP contribution >= 0.6 is 0 Å². The van der Waals surface area contributed by atoms with Crippen molar-refractivity contribution in [1.29, 1.82) is 0 Å². The predicted molar refractivity (Wildman–Crippen MR) is 79.9 cm³/mol. The van der Waals surface area contributed by atoms with Gasteiger partial charge in [0.2, 0.25) is 0 Å². The fourth-order valence-corrected chi connectivity index (χ4v) is 4.25. The lowest BCUT2D eigenvalue weighted by Gasteiger charge is -2.12. The number of benzene rings is 1. The summed E-state index contributed by atoms with van der Waals surface area (Å²) in [5.74, 6) is 0.0154. The molecule has 1 saturated heterocycles. The van der Waals surface area contributed by atoms with Crippen molar-refractivity contribution in [1.82, 2.24) is 5.32 Å². The molecular formula is C14H20N2O3S. The molecule has 0 bridgehead atoms. The minimum Gasteiger partial charge on any atom is -0.388 e. The Morgan fingerprint density at radius 2 is 2.15 bits per heavy atom. The van der Waals surface area contributed by atoms with E-state index in [9.17, 15) is 13.2 Å². The van der Waals surface area contributed by atoms with Crippen LogP contribution in [-0.4, -0.2) is 38.9 Å². The van der Waals surface area contributed by atoms with E-state index in [0.717, 1.165) is 11.3 Å². The van der Waals surface area contributed by atoms with Crippen molar-refractivity contribution >= 4 is 21.4 Å². The molecule has 2 rings (SSSR count). The van der Waals surface area contributed by atoms with Crippen LogP contribution in [0.2, 0.25) is 0 Å². The second-order valence-corrected chi connectivity index (χ2v) is 7.52. The molecule has 2 N–H and O–H groups in total. The molecule has 0 aromatic heterocycles. The first-order valence-electron chi connectivity index (χ1n) is 6.72. The standard InChI is InChI=1S/C14H20N2O3S/c1-10-8-11(5-6-13(10)15-2)14(17)16-9-12-4-3-7-20(12,18)19/h5-6,8,12,15H,3-4,7,9H2,1-2H3,(H,16,17). The van der Waals surface area contributed by atoms with Gasteiger partial charge in [-0.1, -0.05) is 0 Å². The molecule has 1 aliphatic rings. The molecule has 1 amide bonds. The zero-order valence-corrected chi connectivity index (χ0v) is 12.6. The number of amides is 1. The summed E-state index contributed by atoms with van der Waals surface area (Å²) < 4.78 is 23.4. The molecule has 0 aliphatic carbocycles. The molecule has 0 spiro atoms. The van der Waals surface area contributed by atoms with Crippen molar-refractivity contribution in [2.45, 2.75) is 25.0 Å². The Hall–Kier alpha value is -1.56. The van der Waals surface area contributed by atoms with Crippen LogP contribution in [0.1, 0.15) is 28.8 Å². The lowest BCUT2D eigenvalue weighted by atomic mass is 10.1. The Morgan fingerprint density at radius 3 is 2.70 bits per heavy atom. The summed E-state index contributed by atoms with van der Waals surface area (Å²) in [4.78, 5) is 12.0. The summed E-state index contributed by atoms with van der Waals surface area (Å²) in [7, 11) is -1.18. The van der Waals surface area contributed by atoms with Crippen LogP contribution in [0.25, 0.3) is 0 Å². The number of hydrogen-bond acceptors (Lipinski definition) is 4. The van der Waals surface area contributed by atoms with E-state index in [-0.39, 0.29) is 18.2 Å². The molecule has 1 unspecified atom stereocenters. The number of anilines is 1. The highest BCUT2D eigenvalue weighted by atomic mass is 32.2. The Balaban J connectivity index is 2.00. The van der Waals surface area contributed by atoms with Crippen LogP contribution in [0, 0.1) is 6.92 Å². The molecule has 0 radical (unpaired) electrons. The normalized spacial score (nSPS) is 20.6. The van der Waals surface area contributed by atoms with Gasteiger partial charge < -0.3 is 10.6 Å². The molecule has 20 heavy (non-hydrogen) atoms. The van der Waals surface area contributed by atoms with Crippen LogP contribution in [0.3, 0.4) is 0 Å². The SMILES string of the molecule is CNc1ccc(C(=O)NCC2CCCS2(=O)=O)cc1C. The molecule has 1 aromatic carbocycles. The van der Waals surface area contributed by atoms with Gasteiger partial charge in [-0.25, -0.2) is 8.42 Å². The smallest absolute Gasteiger partial charge is 0.251 e. The number of hydrogen-bond donors (Lipinski definition) is 2. The number of aryl methyl sites for hydroxylation is 1. The molecule has 1 aromatic rings. The van der Waals surface area contributed by atoms with E-state index >= 15 is 0 Å². The van der Waals surface area contributed by atoms with E-state index in [1.165, 1.54) is 0 Å². The zero-order valence-electron chi connectivity index (χ0n) is 11.8. The van der Waals surface area contributed by atoms with E-state index in [4.69, 9.17) is 0 Å². The van der Waals surface area contributed by atoms with Gasteiger partial charge in [0.1, 0.15) is 0 Å². The van der Waals surface area contributed by atoms with Gasteiger partial charge in [0.05, 0.1) is 11.0 Å². The van der Waals surface area contributed by atoms with Crippen LogP contribution in [0.5, 0.6) is 0 Å². The van der Waals surface area contributed by atoms with Gasteiger partial charge in [0.15, 0.2) is 9.84 Å². The lowest BCUT2D eigenvalue weighted by molar-refractivity contribution is 0.0953. The molecule has 1 fully saturated rings. The first-order valence-corrected chi connectivity index (χ1v) is 8.44. The second kappa shape index (κ2) is 5.83. The van der Waals surface area contributed by atoms with Crippen molar-refractivity contribution in [2.24, 2.45) is 0 Å². The first-order chi connectivity index (χ1) is 9.44. The minimum atomic E-state index is -3.01. The van der Waals surface area contributed by atoms with Crippen molar-refractivity contribution in [3.63, 3.8) is 0 Å². The maximum absolute atomic E-state index is 12.0. The Labute approximate surface area is 119 Å². The van der Waals surface area contributed by atoms with E-state index in [2.05, 4.69) is 10.6 Å². The average Bonchev–Trinajstić information content (AvgIpc) is 2.74. The van der Waals surface area contributed by atoms with Gasteiger partial charge in [-0.15, -0.1) is 0 Å². The van der Waals surface area contributed by atoms with Crippen LogP contribution in [-0.2, 0) is 9.84 Å². The number of carbonyl (C=O) groups excluding carboxylic acids is 1. The Bertz CT molecular complexity index is 611. The molecular weight excluding hydrogens is 276 g/mol. The predicted octanol–water partition coefficient (Wildman–Crippen LogP) is 1.34. The minimum absolute atomic E-state index is 0.202. The topological polar surface area (TPSA) is 75.3 Å².